The highest BCUT2D eigenvalue weighted by Crippen LogP contribution is 2.19. The summed E-state index contributed by atoms with van der Waals surface area (Å²) in [6, 6.07) is 13.2. The summed E-state index contributed by atoms with van der Waals surface area (Å²) in [7, 11) is 0. The third-order valence-electron chi connectivity index (χ3n) is 5.07. The molecule has 0 aliphatic carbocycles. The van der Waals surface area contributed by atoms with E-state index in [1.807, 2.05) is 54.3 Å². The SMILES string of the molecule is Cc1ccc(-n2cnnn2)cc1NC(=O)NCc1cccc(CN2CCCC2=O)c1. The molecule has 1 aliphatic rings. The summed E-state index contributed by atoms with van der Waals surface area (Å²) in [5.74, 6) is 0.206. The number of tetrazole rings is 1. The summed E-state index contributed by atoms with van der Waals surface area (Å²) in [4.78, 5) is 26.1. The van der Waals surface area contributed by atoms with Gasteiger partial charge in [-0.05, 0) is 52.6 Å². The van der Waals surface area contributed by atoms with Crippen LogP contribution in [0.3, 0.4) is 0 Å². The van der Waals surface area contributed by atoms with Crippen LogP contribution >= 0.6 is 0 Å². The molecule has 0 unspecified atom stereocenters. The Morgan fingerprint density at radius 2 is 2.03 bits per heavy atom. The van der Waals surface area contributed by atoms with Crippen molar-refractivity contribution in [2.75, 3.05) is 11.9 Å². The van der Waals surface area contributed by atoms with Crippen LogP contribution in [0.25, 0.3) is 5.69 Å². The maximum absolute atomic E-state index is 12.4. The van der Waals surface area contributed by atoms with Crippen molar-refractivity contribution in [2.24, 2.45) is 0 Å². The highest BCUT2D eigenvalue weighted by Gasteiger charge is 2.19. The Labute approximate surface area is 174 Å². The summed E-state index contributed by atoms with van der Waals surface area (Å²) in [5.41, 5.74) is 4.41. The van der Waals surface area contributed by atoms with Gasteiger partial charge in [-0.2, -0.15) is 0 Å². The van der Waals surface area contributed by atoms with Gasteiger partial charge in [-0.3, -0.25) is 4.79 Å². The lowest BCUT2D eigenvalue weighted by atomic mass is 10.1. The molecule has 154 valence electrons. The number of likely N-dealkylation sites (tertiary alicyclic amines) is 1. The number of amides is 3. The number of aromatic nitrogens is 4. The van der Waals surface area contributed by atoms with Crippen molar-refractivity contribution in [1.29, 1.82) is 0 Å². The first-order chi connectivity index (χ1) is 14.6. The first-order valence-electron chi connectivity index (χ1n) is 9.83. The largest absolute Gasteiger partial charge is 0.338 e. The predicted octanol–water partition coefficient (Wildman–Crippen LogP) is 2.41. The van der Waals surface area contributed by atoms with Gasteiger partial charge in [-0.15, -0.1) is 5.10 Å². The highest BCUT2D eigenvalue weighted by molar-refractivity contribution is 5.90. The van der Waals surface area contributed by atoms with Crippen molar-refractivity contribution in [3.63, 3.8) is 0 Å². The summed E-state index contributed by atoms with van der Waals surface area (Å²) in [5, 5.41) is 16.9. The molecule has 0 saturated carbocycles. The van der Waals surface area contributed by atoms with Gasteiger partial charge in [0.05, 0.1) is 5.69 Å². The average molecular weight is 405 g/mol. The second-order valence-corrected chi connectivity index (χ2v) is 7.30. The van der Waals surface area contributed by atoms with Crippen LogP contribution in [0, 0.1) is 6.92 Å². The first-order valence-corrected chi connectivity index (χ1v) is 9.83. The topological polar surface area (TPSA) is 105 Å². The Morgan fingerprint density at radius 1 is 1.17 bits per heavy atom. The summed E-state index contributed by atoms with van der Waals surface area (Å²) < 4.78 is 1.53. The third kappa shape index (κ3) is 4.62. The van der Waals surface area contributed by atoms with Crippen LogP contribution in [-0.4, -0.2) is 43.6 Å². The van der Waals surface area contributed by atoms with E-state index in [-0.39, 0.29) is 11.9 Å². The molecule has 2 heterocycles. The fraction of sp³-hybridized carbons (Fsp3) is 0.286. The quantitative estimate of drug-likeness (QED) is 0.655. The second kappa shape index (κ2) is 8.73. The number of carbonyl (C=O) groups is 2. The smallest absolute Gasteiger partial charge is 0.319 e. The summed E-state index contributed by atoms with van der Waals surface area (Å²) in [6.07, 6.45) is 3.06. The maximum Gasteiger partial charge on any atom is 0.319 e. The van der Waals surface area contributed by atoms with Gasteiger partial charge in [0.15, 0.2) is 0 Å². The molecule has 1 fully saturated rings. The van der Waals surface area contributed by atoms with Crippen LogP contribution in [0.1, 0.15) is 29.5 Å². The van der Waals surface area contributed by atoms with Gasteiger partial charge >= 0.3 is 6.03 Å². The van der Waals surface area contributed by atoms with Crippen molar-refractivity contribution in [3.8, 4) is 5.69 Å². The molecule has 2 aromatic carbocycles. The number of hydrogen-bond donors (Lipinski definition) is 2. The van der Waals surface area contributed by atoms with E-state index in [9.17, 15) is 9.59 Å². The molecular weight excluding hydrogens is 382 g/mol. The molecule has 4 rings (SSSR count). The minimum atomic E-state index is -0.299. The lowest BCUT2D eigenvalue weighted by molar-refractivity contribution is -0.128. The number of urea groups is 1. The van der Waals surface area contributed by atoms with Crippen LogP contribution < -0.4 is 10.6 Å². The van der Waals surface area contributed by atoms with Crippen molar-refractivity contribution in [1.82, 2.24) is 30.4 Å². The Balaban J connectivity index is 1.36. The zero-order valence-corrected chi connectivity index (χ0v) is 16.7. The van der Waals surface area contributed by atoms with Crippen molar-refractivity contribution < 1.29 is 9.59 Å². The Morgan fingerprint density at radius 3 is 2.80 bits per heavy atom. The number of nitrogens with zero attached hydrogens (tertiary/aromatic N) is 5. The molecule has 0 bridgehead atoms. The third-order valence-corrected chi connectivity index (χ3v) is 5.07. The second-order valence-electron chi connectivity index (χ2n) is 7.30. The molecule has 3 aromatic rings. The zero-order valence-electron chi connectivity index (χ0n) is 16.7. The minimum Gasteiger partial charge on any atom is -0.338 e. The van der Waals surface area contributed by atoms with E-state index < -0.39 is 0 Å². The molecule has 30 heavy (non-hydrogen) atoms. The monoisotopic (exact) mass is 405 g/mol. The van der Waals surface area contributed by atoms with Gasteiger partial charge in [-0.1, -0.05) is 30.3 Å². The van der Waals surface area contributed by atoms with Crippen molar-refractivity contribution in [2.45, 2.75) is 32.9 Å². The molecule has 0 radical (unpaired) electrons. The van der Waals surface area contributed by atoms with E-state index in [0.29, 0.717) is 25.2 Å². The molecule has 9 heteroatoms. The molecule has 1 aliphatic heterocycles. The summed E-state index contributed by atoms with van der Waals surface area (Å²) in [6.45, 7) is 3.73. The standard InChI is InChI=1S/C21H23N7O2/c1-15-7-8-18(28-14-23-25-26-28)11-19(15)24-21(30)22-12-16-4-2-5-17(10-16)13-27-9-3-6-20(27)29/h2,4-5,7-8,10-11,14H,3,6,9,12-13H2,1H3,(H2,22,24,30). The van der Waals surface area contributed by atoms with Gasteiger partial charge in [0.1, 0.15) is 6.33 Å². The normalized spacial score (nSPS) is 13.5. The van der Waals surface area contributed by atoms with Crippen LogP contribution in [0.5, 0.6) is 0 Å². The van der Waals surface area contributed by atoms with Gasteiger partial charge in [0.2, 0.25) is 5.91 Å². The van der Waals surface area contributed by atoms with Gasteiger partial charge < -0.3 is 15.5 Å². The van der Waals surface area contributed by atoms with Gasteiger partial charge in [0.25, 0.3) is 0 Å². The van der Waals surface area contributed by atoms with Crippen LogP contribution in [0.15, 0.2) is 48.8 Å². The Hall–Kier alpha value is -3.75. The molecule has 0 atom stereocenters. The van der Waals surface area contributed by atoms with E-state index in [0.717, 1.165) is 35.3 Å². The zero-order chi connectivity index (χ0) is 20.9. The maximum atomic E-state index is 12.4. The predicted molar refractivity (Wildman–Crippen MR) is 111 cm³/mol. The fourth-order valence-electron chi connectivity index (χ4n) is 3.45. The Kier molecular flexibility index (Phi) is 5.69. The van der Waals surface area contributed by atoms with Gasteiger partial charge in [-0.25, -0.2) is 9.48 Å². The van der Waals surface area contributed by atoms with E-state index in [4.69, 9.17) is 0 Å². The number of anilines is 1. The van der Waals surface area contributed by atoms with Crippen LogP contribution in [-0.2, 0) is 17.9 Å². The number of hydrogen-bond acceptors (Lipinski definition) is 5. The lowest BCUT2D eigenvalue weighted by Crippen LogP contribution is -2.28. The minimum absolute atomic E-state index is 0.206. The van der Waals surface area contributed by atoms with E-state index >= 15 is 0 Å². The number of rotatable bonds is 6. The molecule has 1 aromatic heterocycles. The summed E-state index contributed by atoms with van der Waals surface area (Å²) >= 11 is 0. The molecular formula is C21H23N7O2. The average Bonchev–Trinajstić information content (AvgIpc) is 3.41. The molecule has 1 saturated heterocycles. The van der Waals surface area contributed by atoms with Crippen molar-refractivity contribution >= 4 is 17.6 Å². The highest BCUT2D eigenvalue weighted by atomic mass is 16.2. The first kappa shape index (κ1) is 19.6. The van der Waals surface area contributed by atoms with Crippen LogP contribution in [0.2, 0.25) is 0 Å². The van der Waals surface area contributed by atoms with E-state index in [1.165, 1.54) is 11.0 Å². The number of aryl methyl sites for hydroxylation is 1. The number of nitrogens with one attached hydrogen (secondary N) is 2. The molecule has 2 N–H and O–H groups in total. The molecule has 0 spiro atoms. The number of benzene rings is 2. The van der Waals surface area contributed by atoms with E-state index in [2.05, 4.69) is 26.2 Å². The van der Waals surface area contributed by atoms with E-state index in [1.54, 1.807) is 0 Å². The van der Waals surface area contributed by atoms with Crippen molar-refractivity contribution in [3.05, 3.63) is 65.5 Å². The molecule has 9 nitrogen and oxygen atoms in total. The Bertz CT molecular complexity index is 1050. The fourth-order valence-corrected chi connectivity index (χ4v) is 3.45. The lowest BCUT2D eigenvalue weighted by Gasteiger charge is -2.16. The molecule has 3 amide bonds. The van der Waals surface area contributed by atoms with Gasteiger partial charge in [0, 0.05) is 31.7 Å². The van der Waals surface area contributed by atoms with Crippen LogP contribution in [0.4, 0.5) is 10.5 Å². The number of carbonyl (C=O) groups excluding carboxylic acids is 2.